The number of anilines is 1. The van der Waals surface area contributed by atoms with Crippen LogP contribution in [0.3, 0.4) is 0 Å². The van der Waals surface area contributed by atoms with Crippen molar-refractivity contribution in [3.8, 4) is 11.8 Å². The zero-order valence-electron chi connectivity index (χ0n) is 15.7. The number of hydrogen-bond acceptors (Lipinski definition) is 5. The van der Waals surface area contributed by atoms with Crippen LogP contribution in [0.5, 0.6) is 5.75 Å². The number of nitrogens with one attached hydrogen (secondary N) is 1. The van der Waals surface area contributed by atoms with E-state index in [2.05, 4.69) is 10.1 Å². The first kappa shape index (κ1) is 20.6. The molecule has 0 aliphatic carbocycles. The van der Waals surface area contributed by atoms with E-state index in [1.807, 2.05) is 6.07 Å². The summed E-state index contributed by atoms with van der Waals surface area (Å²) in [5, 5.41) is 11.9. The molecule has 0 saturated carbocycles. The Morgan fingerprint density at radius 3 is 2.32 bits per heavy atom. The van der Waals surface area contributed by atoms with Crippen LogP contribution in [-0.2, 0) is 14.3 Å². The first-order valence-corrected chi connectivity index (χ1v) is 8.33. The summed E-state index contributed by atoms with van der Waals surface area (Å²) in [5.74, 6) is -0.978. The SMILES string of the molecule is COC(=O)COc1c(C)cc(C=C(C#N)C(=O)Nc2ccc(F)cc2)cc1C. The monoisotopic (exact) mass is 382 g/mol. The van der Waals surface area contributed by atoms with Crippen LogP contribution in [0.1, 0.15) is 16.7 Å². The average Bonchev–Trinajstić information content (AvgIpc) is 2.66. The number of amides is 1. The maximum absolute atomic E-state index is 13.0. The quantitative estimate of drug-likeness (QED) is 0.469. The lowest BCUT2D eigenvalue weighted by Crippen LogP contribution is -2.14. The second-order valence-electron chi connectivity index (χ2n) is 5.98. The Balaban J connectivity index is 2.21. The van der Waals surface area contributed by atoms with E-state index in [-0.39, 0.29) is 12.2 Å². The summed E-state index contributed by atoms with van der Waals surface area (Å²) in [6, 6.07) is 10.6. The van der Waals surface area contributed by atoms with Crippen molar-refractivity contribution in [2.75, 3.05) is 19.0 Å². The minimum atomic E-state index is -0.601. The lowest BCUT2D eigenvalue weighted by Gasteiger charge is -2.12. The predicted octanol–water partition coefficient (Wildman–Crippen LogP) is 3.54. The summed E-state index contributed by atoms with van der Waals surface area (Å²) in [6.45, 7) is 3.38. The van der Waals surface area contributed by atoms with E-state index in [1.165, 1.54) is 37.5 Å². The van der Waals surface area contributed by atoms with Crippen molar-refractivity contribution < 1.29 is 23.5 Å². The smallest absolute Gasteiger partial charge is 0.343 e. The van der Waals surface area contributed by atoms with Gasteiger partial charge in [0.1, 0.15) is 23.2 Å². The molecule has 7 heteroatoms. The van der Waals surface area contributed by atoms with Gasteiger partial charge in [0.25, 0.3) is 5.91 Å². The Kier molecular flexibility index (Phi) is 6.88. The number of nitrogens with zero attached hydrogens (tertiary/aromatic N) is 1. The van der Waals surface area contributed by atoms with Crippen LogP contribution >= 0.6 is 0 Å². The largest absolute Gasteiger partial charge is 0.481 e. The van der Waals surface area contributed by atoms with Gasteiger partial charge >= 0.3 is 5.97 Å². The third kappa shape index (κ3) is 5.42. The molecule has 0 unspecified atom stereocenters. The van der Waals surface area contributed by atoms with Gasteiger partial charge in [-0.2, -0.15) is 5.26 Å². The number of halogens is 1. The molecule has 0 radical (unpaired) electrons. The second-order valence-corrected chi connectivity index (χ2v) is 5.98. The minimum absolute atomic E-state index is 0.105. The molecular formula is C21H19FN2O4. The number of benzene rings is 2. The second kappa shape index (κ2) is 9.33. The van der Waals surface area contributed by atoms with Crippen LogP contribution in [0.2, 0.25) is 0 Å². The average molecular weight is 382 g/mol. The van der Waals surface area contributed by atoms with Crippen LogP contribution in [0, 0.1) is 31.0 Å². The van der Waals surface area contributed by atoms with Crippen molar-refractivity contribution in [2.24, 2.45) is 0 Å². The third-order valence-corrected chi connectivity index (χ3v) is 3.82. The van der Waals surface area contributed by atoms with Crippen LogP contribution in [-0.4, -0.2) is 25.6 Å². The van der Waals surface area contributed by atoms with Gasteiger partial charge in [0, 0.05) is 5.69 Å². The summed E-state index contributed by atoms with van der Waals surface area (Å²) < 4.78 is 23.0. The van der Waals surface area contributed by atoms with Gasteiger partial charge in [0.2, 0.25) is 0 Å². The number of esters is 1. The summed E-state index contributed by atoms with van der Waals surface area (Å²) in [7, 11) is 1.28. The van der Waals surface area contributed by atoms with Gasteiger partial charge in [-0.1, -0.05) is 0 Å². The summed E-state index contributed by atoms with van der Waals surface area (Å²) >= 11 is 0. The molecule has 1 N–H and O–H groups in total. The standard InChI is InChI=1S/C21H19FN2O4/c1-13-8-15(9-14(2)20(13)28-12-19(25)27-3)10-16(11-23)21(26)24-18-6-4-17(22)5-7-18/h4-10H,12H2,1-3H3,(H,24,26). The Hall–Kier alpha value is -3.66. The molecule has 0 aliphatic rings. The van der Waals surface area contributed by atoms with E-state index in [0.717, 1.165) is 11.1 Å². The highest BCUT2D eigenvalue weighted by Gasteiger charge is 2.12. The predicted molar refractivity (Wildman–Crippen MR) is 102 cm³/mol. The lowest BCUT2D eigenvalue weighted by atomic mass is 10.0. The molecule has 2 rings (SSSR count). The van der Waals surface area contributed by atoms with Crippen LogP contribution < -0.4 is 10.1 Å². The first-order valence-electron chi connectivity index (χ1n) is 8.33. The van der Waals surface area contributed by atoms with Gasteiger partial charge in [-0.05, 0) is 73.0 Å². The number of carbonyl (C=O) groups is 2. The fraction of sp³-hybridized carbons (Fsp3) is 0.190. The van der Waals surface area contributed by atoms with Gasteiger partial charge < -0.3 is 14.8 Å². The summed E-state index contributed by atoms with van der Waals surface area (Å²) in [4.78, 5) is 23.6. The molecule has 0 aliphatic heterocycles. The fourth-order valence-corrected chi connectivity index (χ4v) is 2.53. The number of aryl methyl sites for hydroxylation is 2. The Morgan fingerprint density at radius 2 is 1.79 bits per heavy atom. The van der Waals surface area contributed by atoms with Gasteiger partial charge in [-0.25, -0.2) is 9.18 Å². The molecule has 0 bridgehead atoms. The molecule has 2 aromatic carbocycles. The number of methoxy groups -OCH3 is 1. The van der Waals surface area contributed by atoms with Gasteiger partial charge in [0.15, 0.2) is 6.61 Å². The third-order valence-electron chi connectivity index (χ3n) is 3.82. The van der Waals surface area contributed by atoms with Crippen molar-refractivity contribution >= 4 is 23.6 Å². The van der Waals surface area contributed by atoms with E-state index < -0.39 is 17.7 Å². The molecule has 0 fully saturated rings. The molecule has 0 saturated heterocycles. The molecule has 2 aromatic rings. The van der Waals surface area contributed by atoms with E-state index >= 15 is 0 Å². The van der Waals surface area contributed by atoms with Crippen LogP contribution in [0.4, 0.5) is 10.1 Å². The number of rotatable bonds is 6. The molecule has 0 heterocycles. The summed E-state index contributed by atoms with van der Waals surface area (Å²) in [5.41, 5.74) is 2.39. The Labute approximate surface area is 162 Å². The maximum Gasteiger partial charge on any atom is 0.343 e. The fourth-order valence-electron chi connectivity index (χ4n) is 2.53. The van der Waals surface area contributed by atoms with Crippen molar-refractivity contribution in [3.63, 3.8) is 0 Å². The molecular weight excluding hydrogens is 363 g/mol. The van der Waals surface area contributed by atoms with E-state index in [1.54, 1.807) is 26.0 Å². The molecule has 6 nitrogen and oxygen atoms in total. The summed E-state index contributed by atoms with van der Waals surface area (Å²) in [6.07, 6.45) is 1.45. The molecule has 144 valence electrons. The minimum Gasteiger partial charge on any atom is -0.481 e. The van der Waals surface area contributed by atoms with E-state index in [0.29, 0.717) is 17.0 Å². The molecule has 0 spiro atoms. The normalized spacial score (nSPS) is 10.8. The van der Waals surface area contributed by atoms with Gasteiger partial charge in [-0.15, -0.1) is 0 Å². The lowest BCUT2D eigenvalue weighted by molar-refractivity contribution is -0.142. The zero-order valence-corrected chi connectivity index (χ0v) is 15.7. The highest BCUT2D eigenvalue weighted by atomic mass is 19.1. The molecule has 0 atom stereocenters. The van der Waals surface area contributed by atoms with Crippen LogP contribution in [0.25, 0.3) is 6.08 Å². The molecule has 0 aromatic heterocycles. The Bertz CT molecular complexity index is 936. The topological polar surface area (TPSA) is 88.4 Å². The number of nitriles is 1. The molecule has 28 heavy (non-hydrogen) atoms. The number of hydrogen-bond donors (Lipinski definition) is 1. The number of carbonyl (C=O) groups excluding carboxylic acids is 2. The van der Waals surface area contributed by atoms with Crippen molar-refractivity contribution in [1.82, 2.24) is 0 Å². The van der Waals surface area contributed by atoms with Crippen LogP contribution in [0.15, 0.2) is 42.0 Å². The highest BCUT2D eigenvalue weighted by Crippen LogP contribution is 2.26. The van der Waals surface area contributed by atoms with E-state index in [4.69, 9.17) is 4.74 Å². The van der Waals surface area contributed by atoms with Gasteiger partial charge in [0.05, 0.1) is 7.11 Å². The van der Waals surface area contributed by atoms with Crippen molar-refractivity contribution in [3.05, 3.63) is 64.5 Å². The maximum atomic E-state index is 13.0. The molecule has 1 amide bonds. The van der Waals surface area contributed by atoms with Crippen molar-refractivity contribution in [1.29, 1.82) is 5.26 Å². The van der Waals surface area contributed by atoms with Gasteiger partial charge in [-0.3, -0.25) is 4.79 Å². The van der Waals surface area contributed by atoms with E-state index in [9.17, 15) is 19.2 Å². The van der Waals surface area contributed by atoms with Crippen molar-refractivity contribution in [2.45, 2.75) is 13.8 Å². The zero-order chi connectivity index (χ0) is 20.7. The Morgan fingerprint density at radius 1 is 1.18 bits per heavy atom. The first-order chi connectivity index (χ1) is 13.3. The highest BCUT2D eigenvalue weighted by molar-refractivity contribution is 6.09. The number of ether oxygens (including phenoxy) is 2.